The Kier molecular flexibility index (Phi) is 10.5. The van der Waals surface area contributed by atoms with E-state index in [0.717, 1.165) is 39.0 Å². The molecule has 0 aliphatic heterocycles. The van der Waals surface area contributed by atoms with Crippen molar-refractivity contribution in [2.24, 2.45) is 11.3 Å². The van der Waals surface area contributed by atoms with E-state index in [9.17, 15) is 5.11 Å². The third-order valence-electron chi connectivity index (χ3n) is 4.39. The molecule has 0 bridgehead atoms. The van der Waals surface area contributed by atoms with E-state index in [-0.39, 0.29) is 12.0 Å². The molecule has 0 spiro atoms. The van der Waals surface area contributed by atoms with E-state index in [0.29, 0.717) is 12.0 Å². The van der Waals surface area contributed by atoms with Crippen LogP contribution in [0.4, 0.5) is 0 Å². The van der Waals surface area contributed by atoms with E-state index >= 15 is 0 Å². The molecule has 0 amide bonds. The van der Waals surface area contributed by atoms with Crippen LogP contribution in [-0.4, -0.2) is 48.8 Å². The van der Waals surface area contributed by atoms with Gasteiger partial charge in [0.15, 0.2) is 0 Å². The molecule has 0 radical (unpaired) electrons. The first kappa shape index (κ1) is 19.9. The highest BCUT2D eigenvalue weighted by atomic mass is 16.3. The van der Waals surface area contributed by atoms with Gasteiger partial charge < -0.3 is 10.4 Å². The summed E-state index contributed by atoms with van der Waals surface area (Å²) in [4.78, 5) is 2.49. The third kappa shape index (κ3) is 7.61. The van der Waals surface area contributed by atoms with Gasteiger partial charge in [-0.15, -0.1) is 0 Å². The van der Waals surface area contributed by atoms with Gasteiger partial charge in [-0.3, -0.25) is 4.90 Å². The molecular formula is C17H38N2O. The first-order valence-corrected chi connectivity index (χ1v) is 8.48. The minimum Gasteiger partial charge on any atom is -0.395 e. The zero-order valence-corrected chi connectivity index (χ0v) is 14.7. The van der Waals surface area contributed by atoms with Gasteiger partial charge in [0, 0.05) is 25.7 Å². The van der Waals surface area contributed by atoms with E-state index in [4.69, 9.17) is 0 Å². The van der Waals surface area contributed by atoms with Crippen LogP contribution in [0.3, 0.4) is 0 Å². The van der Waals surface area contributed by atoms with Crippen molar-refractivity contribution >= 4 is 0 Å². The predicted molar refractivity (Wildman–Crippen MR) is 89.1 cm³/mol. The molecule has 3 nitrogen and oxygen atoms in total. The quantitative estimate of drug-likeness (QED) is 0.578. The van der Waals surface area contributed by atoms with Crippen molar-refractivity contribution in [2.75, 3.05) is 32.8 Å². The Labute approximate surface area is 127 Å². The highest BCUT2D eigenvalue weighted by Gasteiger charge is 2.27. The van der Waals surface area contributed by atoms with Crippen LogP contribution in [0.15, 0.2) is 0 Å². The minimum atomic E-state index is 0.260. The van der Waals surface area contributed by atoms with Gasteiger partial charge in [0.05, 0.1) is 6.61 Å². The molecule has 0 heterocycles. The fourth-order valence-corrected chi connectivity index (χ4v) is 2.77. The summed E-state index contributed by atoms with van der Waals surface area (Å²) in [5, 5.41) is 12.9. The number of aliphatic hydroxyl groups is 1. The van der Waals surface area contributed by atoms with Crippen LogP contribution in [0.1, 0.15) is 60.8 Å². The molecule has 0 aliphatic rings. The monoisotopic (exact) mass is 286 g/mol. The van der Waals surface area contributed by atoms with Crippen molar-refractivity contribution < 1.29 is 5.11 Å². The molecule has 0 aromatic rings. The molecule has 0 saturated carbocycles. The maximum atomic E-state index is 9.34. The second-order valence-corrected chi connectivity index (χ2v) is 6.85. The molecule has 20 heavy (non-hydrogen) atoms. The number of rotatable bonds is 12. The second-order valence-electron chi connectivity index (χ2n) is 6.85. The summed E-state index contributed by atoms with van der Waals surface area (Å²) < 4.78 is 0. The van der Waals surface area contributed by atoms with Crippen LogP contribution >= 0.6 is 0 Å². The fraction of sp³-hybridized carbons (Fsp3) is 1.00. The maximum absolute atomic E-state index is 9.34. The molecule has 0 aromatic carbocycles. The van der Waals surface area contributed by atoms with Gasteiger partial charge in [-0.05, 0) is 37.1 Å². The zero-order chi connectivity index (χ0) is 15.6. The predicted octanol–water partition coefficient (Wildman–Crippen LogP) is 3.13. The van der Waals surface area contributed by atoms with E-state index < -0.39 is 0 Å². The summed E-state index contributed by atoms with van der Waals surface area (Å²) in [6.45, 7) is 17.9. The van der Waals surface area contributed by atoms with Crippen molar-refractivity contribution in [1.29, 1.82) is 0 Å². The number of aliphatic hydroxyl groups excluding tert-OH is 1. The van der Waals surface area contributed by atoms with E-state index in [1.54, 1.807) is 0 Å². The summed E-state index contributed by atoms with van der Waals surface area (Å²) in [5.74, 6) is 0.698. The largest absolute Gasteiger partial charge is 0.395 e. The molecule has 122 valence electrons. The Hall–Kier alpha value is -0.120. The highest BCUT2D eigenvalue weighted by molar-refractivity contribution is 4.82. The van der Waals surface area contributed by atoms with Crippen LogP contribution in [0, 0.1) is 11.3 Å². The third-order valence-corrected chi connectivity index (χ3v) is 4.39. The van der Waals surface area contributed by atoms with Crippen molar-refractivity contribution in [1.82, 2.24) is 10.2 Å². The van der Waals surface area contributed by atoms with Crippen LogP contribution < -0.4 is 5.32 Å². The molecule has 0 aromatic heterocycles. The lowest BCUT2D eigenvalue weighted by Crippen LogP contribution is -2.47. The molecule has 0 rings (SSSR count). The first-order chi connectivity index (χ1) is 9.42. The SMILES string of the molecule is CCC(CC)N(CCO)CC(C)(CC)CNCC(C)C. The van der Waals surface area contributed by atoms with Crippen molar-refractivity contribution in [2.45, 2.75) is 66.8 Å². The second kappa shape index (κ2) is 10.6. The van der Waals surface area contributed by atoms with Gasteiger partial charge in [0.2, 0.25) is 0 Å². The number of nitrogens with one attached hydrogen (secondary N) is 1. The molecule has 1 atom stereocenters. The van der Waals surface area contributed by atoms with Gasteiger partial charge in [-0.1, -0.05) is 41.5 Å². The smallest absolute Gasteiger partial charge is 0.0558 e. The van der Waals surface area contributed by atoms with E-state index in [2.05, 4.69) is 51.8 Å². The zero-order valence-electron chi connectivity index (χ0n) is 14.7. The molecule has 0 saturated heterocycles. The Morgan fingerprint density at radius 3 is 2.15 bits per heavy atom. The standard InChI is InChI=1S/C17H38N2O/c1-7-16(8-2)19(10-11-20)14-17(6,9-3)13-18-12-15(4)5/h15-16,18,20H,7-14H2,1-6H3. The molecule has 0 aliphatic carbocycles. The normalized spacial score (nSPS) is 15.3. The molecule has 1 unspecified atom stereocenters. The average molecular weight is 287 g/mol. The number of hydrogen-bond acceptors (Lipinski definition) is 3. The Balaban J connectivity index is 4.58. The van der Waals surface area contributed by atoms with E-state index in [1.165, 1.54) is 6.42 Å². The summed E-state index contributed by atoms with van der Waals surface area (Å²) in [6, 6.07) is 0.595. The lowest BCUT2D eigenvalue weighted by atomic mass is 9.85. The van der Waals surface area contributed by atoms with Crippen molar-refractivity contribution in [3.05, 3.63) is 0 Å². The Morgan fingerprint density at radius 2 is 1.75 bits per heavy atom. The molecular weight excluding hydrogens is 248 g/mol. The highest BCUT2D eigenvalue weighted by Crippen LogP contribution is 2.24. The molecule has 3 heteroatoms. The summed E-state index contributed by atoms with van der Waals surface area (Å²) in [7, 11) is 0. The maximum Gasteiger partial charge on any atom is 0.0558 e. The lowest BCUT2D eigenvalue weighted by Gasteiger charge is -2.39. The van der Waals surface area contributed by atoms with Crippen LogP contribution in [0.5, 0.6) is 0 Å². The summed E-state index contributed by atoms with van der Waals surface area (Å²) in [6.07, 6.45) is 3.49. The molecule has 2 N–H and O–H groups in total. The number of nitrogens with zero attached hydrogens (tertiary/aromatic N) is 1. The summed E-state index contributed by atoms with van der Waals surface area (Å²) >= 11 is 0. The van der Waals surface area contributed by atoms with Crippen molar-refractivity contribution in [3.63, 3.8) is 0 Å². The van der Waals surface area contributed by atoms with Gasteiger partial charge >= 0.3 is 0 Å². The van der Waals surface area contributed by atoms with Crippen LogP contribution in [0.25, 0.3) is 0 Å². The van der Waals surface area contributed by atoms with Crippen LogP contribution in [-0.2, 0) is 0 Å². The first-order valence-electron chi connectivity index (χ1n) is 8.48. The van der Waals surface area contributed by atoms with Gasteiger partial charge in [-0.25, -0.2) is 0 Å². The lowest BCUT2D eigenvalue weighted by molar-refractivity contribution is 0.0868. The average Bonchev–Trinajstić information content (AvgIpc) is 2.40. The van der Waals surface area contributed by atoms with E-state index in [1.807, 2.05) is 0 Å². The Morgan fingerprint density at radius 1 is 1.15 bits per heavy atom. The van der Waals surface area contributed by atoms with Crippen LogP contribution in [0.2, 0.25) is 0 Å². The topological polar surface area (TPSA) is 35.5 Å². The number of hydrogen-bond donors (Lipinski definition) is 2. The summed E-state index contributed by atoms with van der Waals surface area (Å²) in [5.41, 5.74) is 0.284. The van der Waals surface area contributed by atoms with Gasteiger partial charge in [-0.2, -0.15) is 0 Å². The molecule has 0 fully saturated rings. The van der Waals surface area contributed by atoms with Gasteiger partial charge in [0.1, 0.15) is 0 Å². The van der Waals surface area contributed by atoms with Crippen molar-refractivity contribution in [3.8, 4) is 0 Å². The Bertz CT molecular complexity index is 229. The minimum absolute atomic E-state index is 0.260. The van der Waals surface area contributed by atoms with Gasteiger partial charge in [0.25, 0.3) is 0 Å². The fourth-order valence-electron chi connectivity index (χ4n) is 2.77.